The van der Waals surface area contributed by atoms with Crippen LogP contribution in [0.1, 0.15) is 15.9 Å². The fraction of sp³-hybridized carbons (Fsp3) is 0. The highest BCUT2D eigenvalue weighted by Crippen LogP contribution is 2.27. The average molecular weight is 249 g/mol. The predicted octanol–water partition coefficient (Wildman–Crippen LogP) is 3.59. The maximum absolute atomic E-state index is 11.5. The first-order chi connectivity index (χ1) is 9.24. The maximum Gasteiger partial charge on any atom is 0.336 e. The summed E-state index contributed by atoms with van der Waals surface area (Å²) in [6, 6.07) is 16.4. The van der Waals surface area contributed by atoms with E-state index in [0.29, 0.717) is 11.1 Å². The third-order valence-corrected chi connectivity index (χ3v) is 2.73. The van der Waals surface area contributed by atoms with Crippen LogP contribution in [0.4, 0.5) is 0 Å². The van der Waals surface area contributed by atoms with Crippen molar-refractivity contribution in [3.05, 3.63) is 65.7 Å². The Kier molecular flexibility index (Phi) is 3.75. The molecule has 3 nitrogen and oxygen atoms in total. The summed E-state index contributed by atoms with van der Waals surface area (Å²) < 4.78 is 0. The molecule has 0 saturated carbocycles. The summed E-state index contributed by atoms with van der Waals surface area (Å²) in [6.07, 6.45) is 2.78. The van der Waals surface area contributed by atoms with Gasteiger partial charge in [-0.25, -0.2) is 4.79 Å². The summed E-state index contributed by atoms with van der Waals surface area (Å²) >= 11 is 0. The van der Waals surface area contributed by atoms with Gasteiger partial charge in [-0.1, -0.05) is 48.5 Å². The molecule has 2 aromatic rings. The van der Waals surface area contributed by atoms with Crippen LogP contribution in [0.2, 0.25) is 0 Å². The van der Waals surface area contributed by atoms with Crippen molar-refractivity contribution in [2.24, 2.45) is 0 Å². The van der Waals surface area contributed by atoms with E-state index in [9.17, 15) is 9.90 Å². The van der Waals surface area contributed by atoms with E-state index in [1.165, 1.54) is 12.2 Å². The van der Waals surface area contributed by atoms with Gasteiger partial charge in [-0.05, 0) is 22.8 Å². The van der Waals surface area contributed by atoms with Crippen molar-refractivity contribution in [2.75, 3.05) is 0 Å². The third-order valence-electron chi connectivity index (χ3n) is 2.73. The minimum absolute atomic E-state index is 0.209. The van der Waals surface area contributed by atoms with Crippen molar-refractivity contribution in [2.45, 2.75) is 0 Å². The number of hydrogen-bond acceptors (Lipinski definition) is 2. The van der Waals surface area contributed by atoms with Gasteiger partial charge in [0.05, 0.1) is 11.6 Å². The van der Waals surface area contributed by atoms with Gasteiger partial charge in [0, 0.05) is 6.08 Å². The normalized spacial score (nSPS) is 10.3. The molecule has 1 N–H and O–H groups in total. The van der Waals surface area contributed by atoms with Gasteiger partial charge in [-0.3, -0.25) is 0 Å². The minimum Gasteiger partial charge on any atom is -0.478 e. The second kappa shape index (κ2) is 5.65. The number of carbonyl (C=O) groups is 1. The van der Waals surface area contributed by atoms with Crippen molar-refractivity contribution in [3.8, 4) is 17.2 Å². The number of benzene rings is 2. The highest BCUT2D eigenvalue weighted by Gasteiger charge is 2.14. The van der Waals surface area contributed by atoms with Crippen LogP contribution >= 0.6 is 0 Å². The SMILES string of the molecule is N#C/C=C/c1cccc(-c2ccccc2)c1C(=O)O. The summed E-state index contributed by atoms with van der Waals surface area (Å²) in [5.74, 6) is -1.00. The molecule has 0 bridgehead atoms. The number of aromatic carboxylic acids is 1. The zero-order chi connectivity index (χ0) is 13.7. The topological polar surface area (TPSA) is 61.1 Å². The largest absolute Gasteiger partial charge is 0.478 e. The highest BCUT2D eigenvalue weighted by atomic mass is 16.4. The second-order valence-corrected chi connectivity index (χ2v) is 3.90. The Balaban J connectivity index is 2.66. The van der Waals surface area contributed by atoms with Gasteiger partial charge < -0.3 is 5.11 Å². The van der Waals surface area contributed by atoms with Crippen molar-refractivity contribution < 1.29 is 9.90 Å². The van der Waals surface area contributed by atoms with Crippen molar-refractivity contribution >= 4 is 12.0 Å². The number of allylic oxidation sites excluding steroid dienone is 1. The van der Waals surface area contributed by atoms with Crippen LogP contribution in [-0.2, 0) is 0 Å². The molecule has 0 atom stereocenters. The lowest BCUT2D eigenvalue weighted by molar-refractivity contribution is 0.0697. The van der Waals surface area contributed by atoms with E-state index in [0.717, 1.165) is 5.56 Å². The Labute approximate surface area is 111 Å². The summed E-state index contributed by atoms with van der Waals surface area (Å²) in [4.78, 5) is 11.5. The van der Waals surface area contributed by atoms with Gasteiger partial charge >= 0.3 is 5.97 Å². The molecule has 0 amide bonds. The first-order valence-corrected chi connectivity index (χ1v) is 5.72. The standard InChI is InChI=1S/C16H11NO2/c17-11-5-9-13-8-4-10-14(15(13)16(18)19)12-6-2-1-3-7-12/h1-10H,(H,18,19)/b9-5+. The van der Waals surface area contributed by atoms with E-state index in [1.807, 2.05) is 36.4 Å². The fourth-order valence-corrected chi connectivity index (χ4v) is 1.93. The average Bonchev–Trinajstić information content (AvgIpc) is 2.45. The van der Waals surface area contributed by atoms with Gasteiger partial charge in [-0.2, -0.15) is 5.26 Å². The van der Waals surface area contributed by atoms with Gasteiger partial charge in [-0.15, -0.1) is 0 Å². The van der Waals surface area contributed by atoms with Crippen LogP contribution in [0, 0.1) is 11.3 Å². The maximum atomic E-state index is 11.5. The molecule has 92 valence electrons. The smallest absolute Gasteiger partial charge is 0.336 e. The first-order valence-electron chi connectivity index (χ1n) is 5.72. The van der Waals surface area contributed by atoms with Crippen molar-refractivity contribution in [1.29, 1.82) is 5.26 Å². The fourth-order valence-electron chi connectivity index (χ4n) is 1.93. The molecule has 0 heterocycles. The molecule has 2 aromatic carbocycles. The van der Waals surface area contributed by atoms with Crippen LogP contribution in [0.5, 0.6) is 0 Å². The van der Waals surface area contributed by atoms with Crippen molar-refractivity contribution in [3.63, 3.8) is 0 Å². The molecule has 0 aliphatic carbocycles. The number of nitrogens with zero attached hydrogens (tertiary/aromatic N) is 1. The van der Waals surface area contributed by atoms with E-state index >= 15 is 0 Å². The van der Waals surface area contributed by atoms with Gasteiger partial charge in [0.1, 0.15) is 0 Å². The number of carboxylic acids is 1. The molecule has 2 rings (SSSR count). The van der Waals surface area contributed by atoms with Crippen LogP contribution in [-0.4, -0.2) is 11.1 Å². The Morgan fingerprint density at radius 3 is 2.47 bits per heavy atom. The predicted molar refractivity (Wildman–Crippen MR) is 73.5 cm³/mol. The van der Waals surface area contributed by atoms with Crippen molar-refractivity contribution in [1.82, 2.24) is 0 Å². The van der Waals surface area contributed by atoms with E-state index in [1.54, 1.807) is 18.2 Å². The molecule has 3 heteroatoms. The number of hydrogen-bond donors (Lipinski definition) is 1. The van der Waals surface area contributed by atoms with E-state index < -0.39 is 5.97 Å². The summed E-state index contributed by atoms with van der Waals surface area (Å²) in [5, 5.41) is 17.9. The summed E-state index contributed by atoms with van der Waals surface area (Å²) in [7, 11) is 0. The zero-order valence-electron chi connectivity index (χ0n) is 10.1. The second-order valence-electron chi connectivity index (χ2n) is 3.90. The molecule has 0 unspecified atom stereocenters. The lowest BCUT2D eigenvalue weighted by Gasteiger charge is -2.09. The molecule has 0 radical (unpaired) electrons. The lowest BCUT2D eigenvalue weighted by atomic mass is 9.95. The van der Waals surface area contributed by atoms with E-state index in [2.05, 4.69) is 0 Å². The van der Waals surface area contributed by atoms with Gasteiger partial charge in [0.25, 0.3) is 0 Å². The Morgan fingerprint density at radius 2 is 1.84 bits per heavy atom. The third kappa shape index (κ3) is 2.70. The quantitative estimate of drug-likeness (QED) is 0.845. The highest BCUT2D eigenvalue weighted by molar-refractivity contribution is 5.99. The molecule has 0 fully saturated rings. The monoisotopic (exact) mass is 249 g/mol. The Hall–Kier alpha value is -2.86. The number of nitriles is 1. The van der Waals surface area contributed by atoms with E-state index in [-0.39, 0.29) is 5.56 Å². The van der Waals surface area contributed by atoms with Crippen LogP contribution in [0.15, 0.2) is 54.6 Å². The molecule has 0 aromatic heterocycles. The van der Waals surface area contributed by atoms with Crippen LogP contribution < -0.4 is 0 Å². The molecular formula is C16H11NO2. The number of rotatable bonds is 3. The Bertz CT molecular complexity index is 667. The summed E-state index contributed by atoms with van der Waals surface area (Å²) in [6.45, 7) is 0. The summed E-state index contributed by atoms with van der Waals surface area (Å²) in [5.41, 5.74) is 2.22. The van der Waals surface area contributed by atoms with Crippen LogP contribution in [0.25, 0.3) is 17.2 Å². The molecular weight excluding hydrogens is 238 g/mol. The first kappa shape index (κ1) is 12.6. The molecule has 0 saturated heterocycles. The van der Waals surface area contributed by atoms with E-state index in [4.69, 9.17) is 5.26 Å². The molecule has 0 aliphatic heterocycles. The van der Waals surface area contributed by atoms with Gasteiger partial charge in [0.15, 0.2) is 0 Å². The molecule has 0 spiro atoms. The molecule has 0 aliphatic rings. The molecule has 19 heavy (non-hydrogen) atoms. The lowest BCUT2D eigenvalue weighted by Crippen LogP contribution is -2.02. The van der Waals surface area contributed by atoms with Crippen LogP contribution in [0.3, 0.4) is 0 Å². The Morgan fingerprint density at radius 1 is 1.11 bits per heavy atom. The minimum atomic E-state index is -1.00. The zero-order valence-corrected chi connectivity index (χ0v) is 10.1. The number of carboxylic acid groups (broad SMARTS) is 1. The van der Waals surface area contributed by atoms with Gasteiger partial charge in [0.2, 0.25) is 0 Å².